The van der Waals surface area contributed by atoms with Crippen molar-refractivity contribution in [1.82, 2.24) is 0 Å². The van der Waals surface area contributed by atoms with Gasteiger partial charge < -0.3 is 0 Å². The highest BCUT2D eigenvalue weighted by Crippen LogP contribution is 2.53. The van der Waals surface area contributed by atoms with E-state index in [1.807, 2.05) is 0 Å². The third-order valence-corrected chi connectivity index (χ3v) is 7.06. The van der Waals surface area contributed by atoms with Gasteiger partial charge in [0, 0.05) is 15.7 Å². The standard InChI is InChI=1S/C22H30S/c1-14(2)18-17-12-21(4,5)13-22(6,7)20(17)23-19(18)16-11-9-8-10-15(16)3/h8-11,15-16H,1,12-13H2,2-7H3. The summed E-state index contributed by atoms with van der Waals surface area (Å²) in [6, 6.07) is 0. The molecule has 1 aromatic rings. The molecule has 2 aliphatic rings. The van der Waals surface area contributed by atoms with Crippen LogP contribution in [-0.2, 0) is 11.8 Å². The zero-order valence-corrected chi connectivity index (χ0v) is 16.3. The van der Waals surface area contributed by atoms with E-state index in [4.69, 9.17) is 0 Å². The molecule has 2 aliphatic carbocycles. The van der Waals surface area contributed by atoms with E-state index in [0.717, 1.165) is 0 Å². The fraction of sp³-hybridized carbons (Fsp3) is 0.545. The van der Waals surface area contributed by atoms with Crippen LogP contribution >= 0.6 is 11.3 Å². The lowest BCUT2D eigenvalue weighted by Crippen LogP contribution is -2.33. The molecule has 1 aromatic heterocycles. The first-order valence-electron chi connectivity index (χ1n) is 8.79. The van der Waals surface area contributed by atoms with Crippen molar-refractivity contribution in [3.63, 3.8) is 0 Å². The molecule has 2 unspecified atom stereocenters. The Hall–Kier alpha value is -1.08. The van der Waals surface area contributed by atoms with Gasteiger partial charge in [0.15, 0.2) is 0 Å². The molecule has 2 atom stereocenters. The van der Waals surface area contributed by atoms with Crippen LogP contribution in [0.25, 0.3) is 5.57 Å². The van der Waals surface area contributed by atoms with Crippen LogP contribution in [-0.4, -0.2) is 0 Å². The molecular formula is C22H30S. The van der Waals surface area contributed by atoms with Gasteiger partial charge in [-0.15, -0.1) is 11.3 Å². The fourth-order valence-corrected chi connectivity index (χ4v) is 6.46. The first-order chi connectivity index (χ1) is 10.6. The Morgan fingerprint density at radius 3 is 2.43 bits per heavy atom. The van der Waals surface area contributed by atoms with E-state index in [0.29, 0.717) is 17.3 Å². The predicted octanol–water partition coefficient (Wildman–Crippen LogP) is 6.88. The van der Waals surface area contributed by atoms with Gasteiger partial charge in [-0.05, 0) is 53.2 Å². The van der Waals surface area contributed by atoms with Crippen molar-refractivity contribution < 1.29 is 0 Å². The summed E-state index contributed by atoms with van der Waals surface area (Å²) in [5.74, 6) is 1.07. The minimum atomic E-state index is 0.266. The Bertz CT molecular complexity index is 694. The Kier molecular flexibility index (Phi) is 3.99. The van der Waals surface area contributed by atoms with E-state index in [1.165, 1.54) is 24.0 Å². The van der Waals surface area contributed by atoms with Gasteiger partial charge in [-0.3, -0.25) is 0 Å². The Labute approximate surface area is 146 Å². The van der Waals surface area contributed by atoms with E-state index in [-0.39, 0.29) is 5.41 Å². The summed E-state index contributed by atoms with van der Waals surface area (Å²) in [4.78, 5) is 3.15. The minimum Gasteiger partial charge on any atom is -0.143 e. The highest BCUT2D eigenvalue weighted by Gasteiger charge is 2.41. The van der Waals surface area contributed by atoms with Crippen molar-refractivity contribution in [2.75, 3.05) is 0 Å². The molecule has 0 saturated carbocycles. The first-order valence-corrected chi connectivity index (χ1v) is 9.61. The molecule has 23 heavy (non-hydrogen) atoms. The summed E-state index contributed by atoms with van der Waals surface area (Å²) < 4.78 is 0. The van der Waals surface area contributed by atoms with Crippen LogP contribution in [0.5, 0.6) is 0 Å². The van der Waals surface area contributed by atoms with E-state index in [2.05, 4.69) is 83.8 Å². The molecule has 0 amide bonds. The second-order valence-electron chi connectivity index (χ2n) is 8.99. The van der Waals surface area contributed by atoms with Crippen LogP contribution in [0.1, 0.15) is 74.8 Å². The van der Waals surface area contributed by atoms with Crippen LogP contribution in [0.3, 0.4) is 0 Å². The lowest BCUT2D eigenvalue weighted by atomic mass is 9.65. The van der Waals surface area contributed by atoms with E-state index < -0.39 is 0 Å². The normalized spacial score (nSPS) is 27.7. The maximum absolute atomic E-state index is 4.35. The van der Waals surface area contributed by atoms with Crippen LogP contribution < -0.4 is 0 Å². The lowest BCUT2D eigenvalue weighted by molar-refractivity contribution is 0.235. The van der Waals surface area contributed by atoms with Crippen LogP contribution in [0.15, 0.2) is 30.9 Å². The Morgan fingerprint density at radius 1 is 1.17 bits per heavy atom. The smallest absolute Gasteiger partial charge is 0.0201 e. The summed E-state index contributed by atoms with van der Waals surface area (Å²) in [5.41, 5.74) is 4.94. The SMILES string of the molecule is C=C(C)c1c(C2C=CC=CC2C)sc2c1CC(C)(C)CC2(C)C. The number of fused-ring (bicyclic) bond motifs is 1. The van der Waals surface area contributed by atoms with Crippen molar-refractivity contribution in [1.29, 1.82) is 0 Å². The quantitative estimate of drug-likeness (QED) is 0.556. The number of thiophene rings is 1. The zero-order valence-electron chi connectivity index (χ0n) is 15.5. The van der Waals surface area contributed by atoms with Crippen molar-refractivity contribution >= 4 is 16.9 Å². The second kappa shape index (κ2) is 5.48. The number of allylic oxidation sites excluding steroid dienone is 5. The van der Waals surface area contributed by atoms with Gasteiger partial charge >= 0.3 is 0 Å². The predicted molar refractivity (Wildman–Crippen MR) is 104 cm³/mol. The molecule has 1 heterocycles. The first kappa shape index (κ1) is 16.8. The summed E-state index contributed by atoms with van der Waals surface area (Å²) in [7, 11) is 0. The molecule has 0 N–H and O–H groups in total. The van der Waals surface area contributed by atoms with Gasteiger partial charge in [0.05, 0.1) is 0 Å². The largest absolute Gasteiger partial charge is 0.143 e. The van der Waals surface area contributed by atoms with E-state index in [9.17, 15) is 0 Å². The summed E-state index contributed by atoms with van der Waals surface area (Å²) >= 11 is 2.06. The number of rotatable bonds is 2. The maximum atomic E-state index is 4.35. The monoisotopic (exact) mass is 326 g/mol. The molecule has 0 saturated heterocycles. The Morgan fingerprint density at radius 2 is 1.83 bits per heavy atom. The molecule has 3 rings (SSSR count). The van der Waals surface area contributed by atoms with Gasteiger partial charge in [-0.2, -0.15) is 0 Å². The molecule has 0 bridgehead atoms. The number of hydrogen-bond donors (Lipinski definition) is 0. The molecule has 124 valence electrons. The van der Waals surface area contributed by atoms with Crippen molar-refractivity contribution in [3.8, 4) is 0 Å². The fourth-order valence-electron chi connectivity index (χ4n) is 4.76. The summed E-state index contributed by atoms with van der Waals surface area (Å²) in [5, 5.41) is 0. The van der Waals surface area contributed by atoms with Gasteiger partial charge in [0.1, 0.15) is 0 Å². The van der Waals surface area contributed by atoms with Gasteiger partial charge in [0.25, 0.3) is 0 Å². The van der Waals surface area contributed by atoms with Crippen LogP contribution in [0.4, 0.5) is 0 Å². The number of hydrogen-bond acceptors (Lipinski definition) is 1. The second-order valence-corrected chi connectivity index (χ2v) is 10.0. The van der Waals surface area contributed by atoms with Gasteiger partial charge in [0.2, 0.25) is 0 Å². The molecule has 0 radical (unpaired) electrons. The topological polar surface area (TPSA) is 0 Å². The lowest BCUT2D eigenvalue weighted by Gasteiger charge is -2.41. The van der Waals surface area contributed by atoms with Crippen LogP contribution in [0, 0.1) is 11.3 Å². The molecule has 0 fully saturated rings. The summed E-state index contributed by atoms with van der Waals surface area (Å²) in [6.45, 7) is 18.6. The average molecular weight is 327 g/mol. The molecule has 1 heteroatoms. The van der Waals surface area contributed by atoms with Crippen molar-refractivity contribution in [3.05, 3.63) is 51.8 Å². The summed E-state index contributed by atoms with van der Waals surface area (Å²) in [6.07, 6.45) is 11.6. The van der Waals surface area contributed by atoms with Crippen molar-refractivity contribution in [2.24, 2.45) is 11.3 Å². The molecule has 0 nitrogen and oxygen atoms in total. The average Bonchev–Trinajstić information content (AvgIpc) is 2.76. The highest BCUT2D eigenvalue weighted by atomic mass is 32.1. The minimum absolute atomic E-state index is 0.266. The van der Waals surface area contributed by atoms with E-state index >= 15 is 0 Å². The highest BCUT2D eigenvalue weighted by molar-refractivity contribution is 7.12. The van der Waals surface area contributed by atoms with Crippen molar-refractivity contribution in [2.45, 2.75) is 65.7 Å². The zero-order chi connectivity index (χ0) is 17.0. The molecule has 0 aromatic carbocycles. The van der Waals surface area contributed by atoms with Gasteiger partial charge in [-0.1, -0.05) is 65.5 Å². The molecule has 0 spiro atoms. The van der Waals surface area contributed by atoms with Gasteiger partial charge in [-0.25, -0.2) is 0 Å². The maximum Gasteiger partial charge on any atom is 0.0201 e. The third-order valence-electron chi connectivity index (χ3n) is 5.36. The molecular weight excluding hydrogens is 296 g/mol. The molecule has 0 aliphatic heterocycles. The Balaban J connectivity index is 2.20. The third kappa shape index (κ3) is 2.89. The van der Waals surface area contributed by atoms with Crippen LogP contribution in [0.2, 0.25) is 0 Å². The van der Waals surface area contributed by atoms with E-state index in [1.54, 1.807) is 15.3 Å².